The number of amides is 2. The van der Waals surface area contributed by atoms with Crippen molar-refractivity contribution in [3.63, 3.8) is 0 Å². The van der Waals surface area contributed by atoms with Gasteiger partial charge in [0.25, 0.3) is 11.8 Å². The Hall–Kier alpha value is -2.96. The monoisotopic (exact) mass is 366 g/mol. The van der Waals surface area contributed by atoms with Crippen LogP contribution in [0.15, 0.2) is 66.7 Å². The van der Waals surface area contributed by atoms with Crippen molar-refractivity contribution in [3.8, 4) is 11.1 Å². The quantitative estimate of drug-likeness (QED) is 0.471. The maximum Gasteiger partial charge on any atom is 0.284 e. The van der Waals surface area contributed by atoms with Gasteiger partial charge in [0.05, 0.1) is 10.9 Å². The highest BCUT2D eigenvalue weighted by Crippen LogP contribution is 2.24. The van der Waals surface area contributed by atoms with E-state index in [1.807, 2.05) is 49.4 Å². The molecule has 0 aliphatic rings. The number of hydroxylamine groups is 1. The second-order valence-corrected chi connectivity index (χ2v) is 6.90. The first-order valence-electron chi connectivity index (χ1n) is 8.09. The van der Waals surface area contributed by atoms with E-state index < -0.39 is 5.91 Å². The molecule has 5 nitrogen and oxygen atoms in total. The summed E-state index contributed by atoms with van der Waals surface area (Å²) in [6.45, 7) is 1.85. The number of thiophene rings is 1. The molecule has 0 fully saturated rings. The Labute approximate surface area is 155 Å². The molecular weight excluding hydrogens is 348 g/mol. The van der Waals surface area contributed by atoms with Gasteiger partial charge in [-0.25, -0.2) is 5.48 Å². The van der Waals surface area contributed by atoms with Crippen molar-refractivity contribution < 1.29 is 14.8 Å². The van der Waals surface area contributed by atoms with Gasteiger partial charge in [0.15, 0.2) is 0 Å². The highest BCUT2D eigenvalue weighted by atomic mass is 32.1. The molecule has 0 saturated heterocycles. The molecule has 3 rings (SSSR count). The lowest BCUT2D eigenvalue weighted by atomic mass is 10.0. The van der Waals surface area contributed by atoms with Crippen LogP contribution in [0.5, 0.6) is 0 Å². The summed E-state index contributed by atoms with van der Waals surface area (Å²) >= 11 is 1.22. The molecule has 0 aliphatic heterocycles. The summed E-state index contributed by atoms with van der Waals surface area (Å²) in [5, 5.41) is 11.6. The van der Waals surface area contributed by atoms with Gasteiger partial charge in [-0.2, -0.15) is 0 Å². The third-order valence-corrected chi connectivity index (χ3v) is 5.25. The van der Waals surface area contributed by atoms with Crippen LogP contribution in [0.3, 0.4) is 0 Å². The third kappa shape index (κ3) is 3.99. The summed E-state index contributed by atoms with van der Waals surface area (Å²) in [4.78, 5) is 25.1. The van der Waals surface area contributed by atoms with Gasteiger partial charge >= 0.3 is 0 Å². The average molecular weight is 366 g/mol. The number of rotatable bonds is 5. The van der Waals surface area contributed by atoms with Crippen molar-refractivity contribution in [3.05, 3.63) is 82.0 Å². The molecule has 1 aromatic heterocycles. The maximum absolute atomic E-state index is 12.4. The first-order chi connectivity index (χ1) is 12.6. The molecule has 26 heavy (non-hydrogen) atoms. The summed E-state index contributed by atoms with van der Waals surface area (Å²) in [6, 6.07) is 20.5. The predicted octanol–water partition coefficient (Wildman–Crippen LogP) is 4.03. The number of hydrogen-bond acceptors (Lipinski definition) is 4. The van der Waals surface area contributed by atoms with Gasteiger partial charge in [-0.15, -0.1) is 11.3 Å². The van der Waals surface area contributed by atoms with Gasteiger partial charge < -0.3 is 5.32 Å². The SMILES string of the molecule is CC(NC(=O)c1ccc(-c2ccccc2)cc1)c1ccc(C(=O)NO)s1. The maximum atomic E-state index is 12.4. The Kier molecular flexibility index (Phi) is 5.46. The minimum Gasteiger partial charge on any atom is -0.345 e. The highest BCUT2D eigenvalue weighted by Gasteiger charge is 2.15. The van der Waals surface area contributed by atoms with E-state index in [-0.39, 0.29) is 11.9 Å². The number of hydrogen-bond donors (Lipinski definition) is 3. The zero-order chi connectivity index (χ0) is 18.5. The molecule has 2 amide bonds. The van der Waals surface area contributed by atoms with Crippen LogP contribution >= 0.6 is 11.3 Å². The van der Waals surface area contributed by atoms with Gasteiger partial charge in [-0.3, -0.25) is 14.8 Å². The van der Waals surface area contributed by atoms with Crippen molar-refractivity contribution in [1.29, 1.82) is 0 Å². The number of benzene rings is 2. The van der Waals surface area contributed by atoms with Crippen LogP contribution in [0.4, 0.5) is 0 Å². The fraction of sp³-hybridized carbons (Fsp3) is 0.100. The zero-order valence-electron chi connectivity index (χ0n) is 14.1. The van der Waals surface area contributed by atoms with Gasteiger partial charge in [0.2, 0.25) is 0 Å². The number of nitrogens with one attached hydrogen (secondary N) is 2. The van der Waals surface area contributed by atoms with Crippen LogP contribution in [0.1, 0.15) is 37.9 Å². The molecule has 0 aliphatic carbocycles. The van der Waals surface area contributed by atoms with E-state index in [1.54, 1.807) is 29.7 Å². The first-order valence-corrected chi connectivity index (χ1v) is 8.90. The second-order valence-electron chi connectivity index (χ2n) is 5.78. The highest BCUT2D eigenvalue weighted by molar-refractivity contribution is 7.14. The van der Waals surface area contributed by atoms with E-state index in [0.717, 1.165) is 16.0 Å². The summed E-state index contributed by atoms with van der Waals surface area (Å²) in [5.41, 5.74) is 4.32. The fourth-order valence-corrected chi connectivity index (χ4v) is 3.46. The molecular formula is C20H18N2O3S. The molecule has 1 unspecified atom stereocenters. The third-order valence-electron chi connectivity index (χ3n) is 3.98. The number of carbonyl (C=O) groups excluding carboxylic acids is 2. The molecule has 132 valence electrons. The lowest BCUT2D eigenvalue weighted by Crippen LogP contribution is -2.26. The molecule has 1 atom stereocenters. The molecule has 0 bridgehead atoms. The smallest absolute Gasteiger partial charge is 0.284 e. The van der Waals surface area contributed by atoms with Crippen LogP contribution < -0.4 is 10.8 Å². The van der Waals surface area contributed by atoms with E-state index in [1.165, 1.54) is 11.3 Å². The molecule has 1 heterocycles. The van der Waals surface area contributed by atoms with Crippen LogP contribution in [0.2, 0.25) is 0 Å². The van der Waals surface area contributed by atoms with Gasteiger partial charge in [0.1, 0.15) is 0 Å². The van der Waals surface area contributed by atoms with Crippen molar-refractivity contribution >= 4 is 23.2 Å². The van der Waals surface area contributed by atoms with E-state index in [9.17, 15) is 9.59 Å². The van der Waals surface area contributed by atoms with Crippen LogP contribution in [-0.2, 0) is 0 Å². The van der Waals surface area contributed by atoms with Gasteiger partial charge in [-0.05, 0) is 42.3 Å². The van der Waals surface area contributed by atoms with Crippen molar-refractivity contribution in [2.45, 2.75) is 13.0 Å². The van der Waals surface area contributed by atoms with Gasteiger partial charge in [0, 0.05) is 10.4 Å². The molecule has 0 spiro atoms. The van der Waals surface area contributed by atoms with E-state index in [2.05, 4.69) is 5.32 Å². The molecule has 3 aromatic rings. The largest absolute Gasteiger partial charge is 0.345 e. The Balaban J connectivity index is 1.67. The predicted molar refractivity (Wildman–Crippen MR) is 101 cm³/mol. The Morgan fingerprint density at radius 1 is 0.885 bits per heavy atom. The first kappa shape index (κ1) is 17.8. The van der Waals surface area contributed by atoms with E-state index in [0.29, 0.717) is 10.4 Å². The minimum absolute atomic E-state index is 0.182. The van der Waals surface area contributed by atoms with Crippen LogP contribution in [0.25, 0.3) is 11.1 Å². The van der Waals surface area contributed by atoms with E-state index in [4.69, 9.17) is 5.21 Å². The topological polar surface area (TPSA) is 78.4 Å². The van der Waals surface area contributed by atoms with Crippen molar-refractivity contribution in [2.75, 3.05) is 0 Å². The summed E-state index contributed by atoms with van der Waals surface area (Å²) in [6.07, 6.45) is 0. The lowest BCUT2D eigenvalue weighted by Gasteiger charge is -2.12. The Bertz CT molecular complexity index is 904. The number of carbonyl (C=O) groups is 2. The summed E-state index contributed by atoms with van der Waals surface area (Å²) in [7, 11) is 0. The summed E-state index contributed by atoms with van der Waals surface area (Å²) in [5.74, 6) is -0.741. The molecule has 0 saturated carbocycles. The standard InChI is InChI=1S/C20H18N2O3S/c1-13(17-11-12-18(26-17)20(24)22-25)21-19(23)16-9-7-15(8-10-16)14-5-3-2-4-6-14/h2-13,25H,1H3,(H,21,23)(H,22,24). The molecule has 2 aromatic carbocycles. The average Bonchev–Trinajstić information content (AvgIpc) is 3.18. The molecule has 0 radical (unpaired) electrons. The Morgan fingerprint density at radius 3 is 2.19 bits per heavy atom. The normalized spacial score (nSPS) is 11.6. The second kappa shape index (κ2) is 7.95. The molecule has 3 N–H and O–H groups in total. The van der Waals surface area contributed by atoms with Crippen molar-refractivity contribution in [1.82, 2.24) is 10.8 Å². The minimum atomic E-state index is -0.559. The van der Waals surface area contributed by atoms with Gasteiger partial charge in [-0.1, -0.05) is 42.5 Å². The van der Waals surface area contributed by atoms with Crippen LogP contribution in [-0.4, -0.2) is 17.0 Å². The fourth-order valence-electron chi connectivity index (χ4n) is 2.56. The van der Waals surface area contributed by atoms with E-state index >= 15 is 0 Å². The van der Waals surface area contributed by atoms with Crippen LogP contribution in [0, 0.1) is 0 Å². The Morgan fingerprint density at radius 2 is 1.54 bits per heavy atom. The summed E-state index contributed by atoms with van der Waals surface area (Å²) < 4.78 is 0. The molecule has 6 heteroatoms. The lowest BCUT2D eigenvalue weighted by molar-refractivity contribution is 0.0711. The van der Waals surface area contributed by atoms with Crippen molar-refractivity contribution in [2.24, 2.45) is 0 Å². The zero-order valence-corrected chi connectivity index (χ0v) is 14.9.